The van der Waals surface area contributed by atoms with Gasteiger partial charge < -0.3 is 11.1 Å². The lowest BCUT2D eigenvalue weighted by Gasteiger charge is -2.28. The van der Waals surface area contributed by atoms with E-state index in [1.54, 1.807) is 0 Å². The minimum absolute atomic E-state index is 0.0196. The molecule has 20 heavy (non-hydrogen) atoms. The van der Waals surface area contributed by atoms with E-state index in [9.17, 15) is 9.59 Å². The van der Waals surface area contributed by atoms with E-state index >= 15 is 0 Å². The smallest absolute Gasteiger partial charge is 0.224 e. The molecular formula is C16H30N2O2. The number of nitrogens with two attached hydrogens (primary N) is 1. The maximum absolute atomic E-state index is 12.5. The molecule has 2 unspecified atom stereocenters. The fourth-order valence-corrected chi connectivity index (χ4v) is 2.82. The maximum Gasteiger partial charge on any atom is 0.224 e. The van der Waals surface area contributed by atoms with Gasteiger partial charge in [-0.2, -0.15) is 0 Å². The molecule has 4 nitrogen and oxygen atoms in total. The molecule has 0 saturated heterocycles. The first-order valence-corrected chi connectivity index (χ1v) is 7.77. The first-order valence-electron chi connectivity index (χ1n) is 7.77. The van der Waals surface area contributed by atoms with Crippen molar-refractivity contribution < 1.29 is 9.59 Å². The monoisotopic (exact) mass is 282 g/mol. The van der Waals surface area contributed by atoms with Gasteiger partial charge in [0.1, 0.15) is 0 Å². The lowest BCUT2D eigenvalue weighted by molar-refractivity contribution is -0.135. The van der Waals surface area contributed by atoms with Crippen molar-refractivity contribution in [2.75, 3.05) is 0 Å². The van der Waals surface area contributed by atoms with Crippen molar-refractivity contribution in [3.05, 3.63) is 0 Å². The van der Waals surface area contributed by atoms with Crippen LogP contribution < -0.4 is 11.1 Å². The Morgan fingerprint density at radius 3 is 2.20 bits per heavy atom. The predicted octanol–water partition coefficient (Wildman–Crippen LogP) is 2.47. The van der Waals surface area contributed by atoms with E-state index in [0.717, 1.165) is 19.3 Å². The summed E-state index contributed by atoms with van der Waals surface area (Å²) in [6.45, 7) is 10.1. The van der Waals surface area contributed by atoms with Crippen LogP contribution in [-0.4, -0.2) is 17.4 Å². The van der Waals surface area contributed by atoms with Gasteiger partial charge in [0.25, 0.3) is 0 Å². The topological polar surface area (TPSA) is 72.2 Å². The Morgan fingerprint density at radius 2 is 1.85 bits per heavy atom. The zero-order valence-electron chi connectivity index (χ0n) is 13.5. The first kappa shape index (κ1) is 17.0. The number of rotatable bonds is 7. The standard InChI is InChI=1S/C16H30N2O2/c1-6-7-12(14(17)19)13(9-11-8-10(11)2)15(20)18-16(3,4)5/h10-13H,6-9H2,1-5H3,(H2,17,19)(H,18,20)/t10?,11?,12-,13+/m0/s1. The Kier molecular flexibility index (Phi) is 5.60. The summed E-state index contributed by atoms with van der Waals surface area (Å²) >= 11 is 0. The van der Waals surface area contributed by atoms with Gasteiger partial charge in [-0.05, 0) is 51.9 Å². The van der Waals surface area contributed by atoms with Crippen molar-refractivity contribution >= 4 is 11.8 Å². The van der Waals surface area contributed by atoms with Gasteiger partial charge in [-0.15, -0.1) is 0 Å². The molecule has 2 amide bonds. The Hall–Kier alpha value is -1.06. The van der Waals surface area contributed by atoms with E-state index in [2.05, 4.69) is 12.2 Å². The Labute approximate surface area is 122 Å². The van der Waals surface area contributed by atoms with Gasteiger partial charge in [0.05, 0.1) is 0 Å². The number of carbonyl (C=O) groups is 2. The molecule has 0 heterocycles. The van der Waals surface area contributed by atoms with Crippen LogP contribution in [0.1, 0.15) is 60.3 Å². The van der Waals surface area contributed by atoms with Crippen molar-refractivity contribution in [3.8, 4) is 0 Å². The summed E-state index contributed by atoms with van der Waals surface area (Å²) in [5.74, 6) is 0.277. The number of hydrogen-bond acceptors (Lipinski definition) is 2. The van der Waals surface area contributed by atoms with Gasteiger partial charge >= 0.3 is 0 Å². The normalized spacial score (nSPS) is 24.9. The van der Waals surface area contributed by atoms with Crippen LogP contribution in [0.2, 0.25) is 0 Å². The molecule has 0 aromatic rings. The molecule has 4 heteroatoms. The molecular weight excluding hydrogens is 252 g/mol. The average Bonchev–Trinajstić information content (AvgIpc) is 2.96. The van der Waals surface area contributed by atoms with E-state index in [1.807, 2.05) is 27.7 Å². The van der Waals surface area contributed by atoms with E-state index in [4.69, 9.17) is 5.73 Å². The average molecular weight is 282 g/mol. The summed E-state index contributed by atoms with van der Waals surface area (Å²) in [5, 5.41) is 3.01. The van der Waals surface area contributed by atoms with Gasteiger partial charge in [0.15, 0.2) is 0 Å². The Morgan fingerprint density at radius 1 is 1.30 bits per heavy atom. The molecule has 0 bridgehead atoms. The summed E-state index contributed by atoms with van der Waals surface area (Å²) < 4.78 is 0. The Balaban J connectivity index is 2.82. The van der Waals surface area contributed by atoms with Gasteiger partial charge in [0, 0.05) is 17.4 Å². The molecule has 1 aliphatic carbocycles. The summed E-state index contributed by atoms with van der Waals surface area (Å²) in [6, 6.07) is 0. The number of primary amides is 1. The molecule has 0 spiro atoms. The Bertz CT molecular complexity index is 360. The highest BCUT2D eigenvalue weighted by Crippen LogP contribution is 2.44. The lowest BCUT2D eigenvalue weighted by Crippen LogP contribution is -2.47. The molecule has 4 atom stereocenters. The molecule has 0 aromatic heterocycles. The minimum Gasteiger partial charge on any atom is -0.369 e. The fourth-order valence-electron chi connectivity index (χ4n) is 2.82. The van der Waals surface area contributed by atoms with Crippen LogP contribution in [0.5, 0.6) is 0 Å². The maximum atomic E-state index is 12.5. The highest BCUT2D eigenvalue weighted by atomic mass is 16.2. The third kappa shape index (κ3) is 5.14. The van der Waals surface area contributed by atoms with Gasteiger partial charge in [-0.3, -0.25) is 9.59 Å². The quantitative estimate of drug-likeness (QED) is 0.753. The van der Waals surface area contributed by atoms with Crippen LogP contribution in [-0.2, 0) is 9.59 Å². The molecule has 0 aromatic carbocycles. The first-order chi connectivity index (χ1) is 9.15. The van der Waals surface area contributed by atoms with Crippen LogP contribution in [0.15, 0.2) is 0 Å². The fraction of sp³-hybridized carbons (Fsp3) is 0.875. The van der Waals surface area contributed by atoms with E-state index in [1.165, 1.54) is 0 Å². The number of hydrogen-bond donors (Lipinski definition) is 2. The molecule has 3 N–H and O–H groups in total. The highest BCUT2D eigenvalue weighted by molar-refractivity contribution is 5.87. The van der Waals surface area contributed by atoms with Crippen LogP contribution in [0.3, 0.4) is 0 Å². The number of nitrogens with one attached hydrogen (secondary N) is 1. The van der Waals surface area contributed by atoms with Crippen LogP contribution in [0.25, 0.3) is 0 Å². The zero-order valence-corrected chi connectivity index (χ0v) is 13.5. The van der Waals surface area contributed by atoms with Crippen LogP contribution >= 0.6 is 0 Å². The number of carbonyl (C=O) groups excluding carboxylic acids is 2. The van der Waals surface area contributed by atoms with E-state index in [0.29, 0.717) is 18.3 Å². The molecule has 1 saturated carbocycles. The van der Waals surface area contributed by atoms with Crippen molar-refractivity contribution in [1.82, 2.24) is 5.32 Å². The summed E-state index contributed by atoms with van der Waals surface area (Å²) in [6.07, 6.45) is 3.51. The third-order valence-corrected chi connectivity index (χ3v) is 4.12. The number of amides is 2. The summed E-state index contributed by atoms with van der Waals surface area (Å²) in [4.78, 5) is 24.3. The molecule has 1 rings (SSSR count). The third-order valence-electron chi connectivity index (χ3n) is 4.12. The van der Waals surface area contributed by atoms with Gasteiger partial charge in [-0.25, -0.2) is 0 Å². The molecule has 116 valence electrons. The second-order valence-electron chi connectivity index (χ2n) is 7.35. The van der Waals surface area contributed by atoms with Crippen LogP contribution in [0, 0.1) is 23.7 Å². The molecule has 1 aliphatic rings. The minimum atomic E-state index is -0.339. The molecule has 0 aliphatic heterocycles. The van der Waals surface area contributed by atoms with Crippen molar-refractivity contribution in [2.45, 2.75) is 65.8 Å². The second kappa shape index (κ2) is 6.59. The second-order valence-corrected chi connectivity index (χ2v) is 7.35. The molecule has 0 radical (unpaired) electrons. The highest BCUT2D eigenvalue weighted by Gasteiger charge is 2.41. The van der Waals surface area contributed by atoms with Crippen molar-refractivity contribution in [3.63, 3.8) is 0 Å². The van der Waals surface area contributed by atoms with E-state index in [-0.39, 0.29) is 29.2 Å². The van der Waals surface area contributed by atoms with Crippen LogP contribution in [0.4, 0.5) is 0 Å². The molecule has 1 fully saturated rings. The van der Waals surface area contributed by atoms with Gasteiger partial charge in [-0.1, -0.05) is 20.3 Å². The summed E-state index contributed by atoms with van der Waals surface area (Å²) in [7, 11) is 0. The lowest BCUT2D eigenvalue weighted by atomic mass is 9.82. The summed E-state index contributed by atoms with van der Waals surface area (Å²) in [5.41, 5.74) is 5.26. The SMILES string of the molecule is CCC[C@H](C(N)=O)[C@@H](CC1CC1C)C(=O)NC(C)(C)C. The van der Waals surface area contributed by atoms with Gasteiger partial charge in [0.2, 0.25) is 11.8 Å². The van der Waals surface area contributed by atoms with Crippen molar-refractivity contribution in [1.29, 1.82) is 0 Å². The predicted molar refractivity (Wildman–Crippen MR) is 80.9 cm³/mol. The largest absolute Gasteiger partial charge is 0.369 e. The zero-order chi connectivity index (χ0) is 15.5. The van der Waals surface area contributed by atoms with E-state index < -0.39 is 0 Å². The van der Waals surface area contributed by atoms with Crippen molar-refractivity contribution in [2.24, 2.45) is 29.4 Å².